The summed E-state index contributed by atoms with van der Waals surface area (Å²) in [6, 6.07) is 3.72. The van der Waals surface area contributed by atoms with Gasteiger partial charge in [0, 0.05) is 10.9 Å². The number of ether oxygens (including phenoxy) is 1. The van der Waals surface area contributed by atoms with Gasteiger partial charge in [0.15, 0.2) is 6.10 Å². The van der Waals surface area contributed by atoms with E-state index < -0.39 is 12.1 Å². The first kappa shape index (κ1) is 14.2. The summed E-state index contributed by atoms with van der Waals surface area (Å²) < 4.78 is 5.77. The third-order valence-corrected chi connectivity index (χ3v) is 3.87. The number of aryl methyl sites for hydroxylation is 1. The fourth-order valence-electron chi connectivity index (χ4n) is 2.11. The Kier molecular flexibility index (Phi) is 4.04. The quantitative estimate of drug-likeness (QED) is 0.887. The van der Waals surface area contributed by atoms with Crippen LogP contribution in [0.3, 0.4) is 0 Å². The van der Waals surface area contributed by atoms with E-state index >= 15 is 0 Å². The van der Waals surface area contributed by atoms with Crippen LogP contribution in [0.25, 0.3) is 0 Å². The lowest BCUT2D eigenvalue weighted by atomic mass is 10.0. The zero-order chi connectivity index (χ0) is 14.2. The second-order valence-electron chi connectivity index (χ2n) is 5.51. The van der Waals surface area contributed by atoms with Gasteiger partial charge in [0.05, 0.1) is 0 Å². The van der Waals surface area contributed by atoms with Crippen LogP contribution >= 0.6 is 11.6 Å². The molecule has 0 heterocycles. The van der Waals surface area contributed by atoms with Gasteiger partial charge in [-0.25, -0.2) is 4.79 Å². The van der Waals surface area contributed by atoms with Gasteiger partial charge in [0.2, 0.25) is 0 Å². The molecule has 1 fully saturated rings. The molecule has 0 aromatic heterocycles. The predicted molar refractivity (Wildman–Crippen MR) is 75.1 cm³/mol. The summed E-state index contributed by atoms with van der Waals surface area (Å²) >= 11 is 6.13. The number of hydrogen-bond acceptors (Lipinski definition) is 2. The highest BCUT2D eigenvalue weighted by atomic mass is 35.5. The molecule has 4 heteroatoms. The van der Waals surface area contributed by atoms with Gasteiger partial charge in [-0.05, 0) is 48.9 Å². The highest BCUT2D eigenvalue weighted by Gasteiger charge is 2.38. The van der Waals surface area contributed by atoms with Crippen LogP contribution < -0.4 is 4.74 Å². The van der Waals surface area contributed by atoms with Crippen LogP contribution in [0.4, 0.5) is 0 Å². The number of carboxylic acid groups (broad SMARTS) is 1. The largest absolute Gasteiger partial charge is 0.478 e. The van der Waals surface area contributed by atoms with Crippen LogP contribution in [-0.2, 0) is 4.79 Å². The van der Waals surface area contributed by atoms with Gasteiger partial charge in [0.1, 0.15) is 5.75 Å². The number of carboxylic acids is 1. The number of hydrogen-bond donors (Lipinski definition) is 1. The SMILES string of the molecule is Cc1cc(OC(C(=O)O)C2CC2)c(C(C)C)cc1Cl. The van der Waals surface area contributed by atoms with E-state index in [1.165, 1.54) is 0 Å². The number of aliphatic carboxylic acids is 1. The number of rotatable bonds is 5. The van der Waals surface area contributed by atoms with E-state index in [9.17, 15) is 9.90 Å². The number of benzene rings is 1. The van der Waals surface area contributed by atoms with Crippen molar-refractivity contribution in [2.24, 2.45) is 5.92 Å². The smallest absolute Gasteiger partial charge is 0.345 e. The maximum atomic E-state index is 11.3. The second-order valence-corrected chi connectivity index (χ2v) is 5.92. The van der Waals surface area contributed by atoms with E-state index in [1.807, 2.05) is 32.9 Å². The fraction of sp³-hybridized carbons (Fsp3) is 0.533. The Labute approximate surface area is 118 Å². The summed E-state index contributed by atoms with van der Waals surface area (Å²) in [5.74, 6) is 0.149. The minimum atomic E-state index is -0.884. The molecule has 1 aromatic carbocycles. The summed E-state index contributed by atoms with van der Waals surface area (Å²) in [7, 11) is 0. The van der Waals surface area contributed by atoms with Gasteiger partial charge >= 0.3 is 5.97 Å². The molecule has 1 aromatic rings. The van der Waals surface area contributed by atoms with Crippen molar-refractivity contribution >= 4 is 17.6 Å². The molecule has 0 spiro atoms. The van der Waals surface area contributed by atoms with E-state index in [2.05, 4.69) is 0 Å². The lowest BCUT2D eigenvalue weighted by molar-refractivity contribution is -0.146. The third kappa shape index (κ3) is 3.21. The van der Waals surface area contributed by atoms with Crippen LogP contribution in [0.5, 0.6) is 5.75 Å². The third-order valence-electron chi connectivity index (χ3n) is 3.46. The molecule has 0 aliphatic heterocycles. The van der Waals surface area contributed by atoms with E-state index in [1.54, 1.807) is 0 Å². The van der Waals surface area contributed by atoms with E-state index in [-0.39, 0.29) is 11.8 Å². The molecule has 1 aliphatic rings. The molecule has 1 aliphatic carbocycles. The average molecular weight is 283 g/mol. The number of carbonyl (C=O) groups is 1. The minimum Gasteiger partial charge on any atom is -0.478 e. The normalized spacial score (nSPS) is 16.5. The Morgan fingerprint density at radius 1 is 1.42 bits per heavy atom. The molecule has 0 saturated heterocycles. The molecule has 19 heavy (non-hydrogen) atoms. The zero-order valence-corrected chi connectivity index (χ0v) is 12.2. The van der Waals surface area contributed by atoms with Crippen molar-refractivity contribution in [3.8, 4) is 5.75 Å². The van der Waals surface area contributed by atoms with Gasteiger partial charge in [0.25, 0.3) is 0 Å². The Balaban J connectivity index is 2.32. The average Bonchev–Trinajstić information content (AvgIpc) is 3.13. The van der Waals surface area contributed by atoms with Crippen LogP contribution in [0.15, 0.2) is 12.1 Å². The van der Waals surface area contributed by atoms with Crippen LogP contribution in [0, 0.1) is 12.8 Å². The molecule has 1 unspecified atom stereocenters. The second kappa shape index (κ2) is 5.41. The molecule has 1 N–H and O–H groups in total. The van der Waals surface area contributed by atoms with Crippen molar-refractivity contribution in [1.82, 2.24) is 0 Å². The van der Waals surface area contributed by atoms with Gasteiger partial charge < -0.3 is 9.84 Å². The summed E-state index contributed by atoms with van der Waals surface area (Å²) in [6.45, 7) is 5.98. The molecule has 1 atom stereocenters. The Hall–Kier alpha value is -1.22. The van der Waals surface area contributed by atoms with Crippen molar-refractivity contribution in [2.75, 3.05) is 0 Å². The van der Waals surface area contributed by atoms with Gasteiger partial charge in [-0.15, -0.1) is 0 Å². The van der Waals surface area contributed by atoms with Crippen molar-refractivity contribution in [3.05, 3.63) is 28.3 Å². The maximum absolute atomic E-state index is 11.3. The fourth-order valence-corrected chi connectivity index (χ4v) is 2.28. The number of halogens is 1. The van der Waals surface area contributed by atoms with E-state index in [0.717, 1.165) is 24.0 Å². The highest BCUT2D eigenvalue weighted by Crippen LogP contribution is 2.38. The molecule has 0 radical (unpaired) electrons. The Morgan fingerprint density at radius 2 is 2.05 bits per heavy atom. The van der Waals surface area contributed by atoms with Gasteiger partial charge in [-0.1, -0.05) is 25.4 Å². The van der Waals surface area contributed by atoms with Crippen molar-refractivity contribution in [3.63, 3.8) is 0 Å². The summed E-state index contributed by atoms with van der Waals surface area (Å²) in [5.41, 5.74) is 1.86. The summed E-state index contributed by atoms with van der Waals surface area (Å²) in [5, 5.41) is 9.94. The lowest BCUT2D eigenvalue weighted by Gasteiger charge is -2.20. The molecule has 104 valence electrons. The first-order valence-corrected chi connectivity index (χ1v) is 6.97. The molecule has 0 amide bonds. The Bertz CT molecular complexity index is 492. The molecule has 0 bridgehead atoms. The molecule has 2 rings (SSSR count). The lowest BCUT2D eigenvalue weighted by Crippen LogP contribution is -2.29. The Morgan fingerprint density at radius 3 is 2.53 bits per heavy atom. The zero-order valence-electron chi connectivity index (χ0n) is 11.4. The van der Waals surface area contributed by atoms with Crippen LogP contribution in [0.1, 0.15) is 43.7 Å². The van der Waals surface area contributed by atoms with Gasteiger partial charge in [-0.3, -0.25) is 0 Å². The molecular formula is C15H19ClO3. The summed E-state index contributed by atoms with van der Waals surface area (Å²) in [4.78, 5) is 11.3. The summed E-state index contributed by atoms with van der Waals surface area (Å²) in [6.07, 6.45) is 1.12. The predicted octanol–water partition coefficient (Wildman–Crippen LogP) is 4.01. The monoisotopic (exact) mass is 282 g/mol. The van der Waals surface area contributed by atoms with Crippen LogP contribution in [0.2, 0.25) is 5.02 Å². The minimum absolute atomic E-state index is 0.147. The van der Waals surface area contributed by atoms with Gasteiger partial charge in [-0.2, -0.15) is 0 Å². The van der Waals surface area contributed by atoms with E-state index in [4.69, 9.17) is 16.3 Å². The standard InChI is InChI=1S/C15H19ClO3/c1-8(2)11-7-12(16)9(3)6-13(11)19-14(15(17)18)10-4-5-10/h6-8,10,14H,4-5H2,1-3H3,(H,17,18). The first-order chi connectivity index (χ1) is 8.90. The maximum Gasteiger partial charge on any atom is 0.345 e. The first-order valence-electron chi connectivity index (χ1n) is 6.59. The van der Waals surface area contributed by atoms with E-state index in [0.29, 0.717) is 10.8 Å². The highest BCUT2D eigenvalue weighted by molar-refractivity contribution is 6.31. The van der Waals surface area contributed by atoms with Crippen LogP contribution in [-0.4, -0.2) is 17.2 Å². The molecule has 1 saturated carbocycles. The topological polar surface area (TPSA) is 46.5 Å². The van der Waals surface area contributed by atoms with Crippen molar-refractivity contribution in [1.29, 1.82) is 0 Å². The van der Waals surface area contributed by atoms with Crippen molar-refractivity contribution < 1.29 is 14.6 Å². The molecular weight excluding hydrogens is 264 g/mol. The van der Waals surface area contributed by atoms with Crippen molar-refractivity contribution in [2.45, 2.75) is 45.6 Å². The molecule has 3 nitrogen and oxygen atoms in total.